The van der Waals surface area contributed by atoms with Gasteiger partial charge in [-0.25, -0.2) is 0 Å². The summed E-state index contributed by atoms with van der Waals surface area (Å²) in [7, 11) is 0. The van der Waals surface area contributed by atoms with Gasteiger partial charge in [-0.05, 0) is 74.9 Å². The molecule has 140 valence electrons. The summed E-state index contributed by atoms with van der Waals surface area (Å²) < 4.78 is 5.91. The normalized spacial score (nSPS) is 11.3. The molecule has 0 saturated carbocycles. The van der Waals surface area contributed by atoms with Crippen molar-refractivity contribution >= 4 is 11.6 Å². The molecule has 0 fully saturated rings. The molecule has 0 bridgehead atoms. The quantitative estimate of drug-likeness (QED) is 0.644. The van der Waals surface area contributed by atoms with Gasteiger partial charge in [0.05, 0.1) is 6.61 Å². The predicted molar refractivity (Wildman–Crippen MR) is 109 cm³/mol. The zero-order valence-electron chi connectivity index (χ0n) is 16.9. The van der Waals surface area contributed by atoms with Crippen molar-refractivity contribution in [1.29, 1.82) is 0 Å². The van der Waals surface area contributed by atoms with E-state index in [0.717, 1.165) is 41.0 Å². The first kappa shape index (κ1) is 20.0. The lowest BCUT2D eigenvalue weighted by Crippen LogP contribution is -2.31. The molecule has 0 radical (unpaired) electrons. The molecule has 3 nitrogen and oxygen atoms in total. The summed E-state index contributed by atoms with van der Waals surface area (Å²) in [5.74, 6) is 0.987. The Labute approximate surface area is 157 Å². The van der Waals surface area contributed by atoms with E-state index < -0.39 is 5.41 Å². The highest BCUT2D eigenvalue weighted by molar-refractivity contribution is 5.95. The summed E-state index contributed by atoms with van der Waals surface area (Å²) in [6.45, 7) is 12.8. The van der Waals surface area contributed by atoms with Crippen LogP contribution in [0.3, 0.4) is 0 Å². The number of hydrogen-bond donors (Lipinski definition) is 1. The summed E-state index contributed by atoms with van der Waals surface area (Å²) in [4.78, 5) is 12.7. The van der Waals surface area contributed by atoms with Crippen LogP contribution in [-0.2, 0) is 4.79 Å². The van der Waals surface area contributed by atoms with Crippen molar-refractivity contribution in [2.75, 3.05) is 11.9 Å². The molecule has 0 aliphatic carbocycles. The van der Waals surface area contributed by atoms with Crippen LogP contribution < -0.4 is 10.1 Å². The van der Waals surface area contributed by atoms with E-state index in [1.54, 1.807) is 0 Å². The van der Waals surface area contributed by atoms with Crippen molar-refractivity contribution in [2.45, 2.75) is 54.4 Å². The smallest absolute Gasteiger partial charge is 0.230 e. The van der Waals surface area contributed by atoms with Crippen LogP contribution in [0.15, 0.2) is 36.4 Å². The van der Waals surface area contributed by atoms with Gasteiger partial charge in [-0.15, -0.1) is 0 Å². The van der Waals surface area contributed by atoms with Crippen molar-refractivity contribution < 1.29 is 9.53 Å². The van der Waals surface area contributed by atoms with E-state index in [4.69, 9.17) is 4.74 Å². The van der Waals surface area contributed by atoms with Gasteiger partial charge in [0.1, 0.15) is 5.75 Å². The van der Waals surface area contributed by atoms with E-state index in [1.807, 2.05) is 39.8 Å². The summed E-state index contributed by atoms with van der Waals surface area (Å²) in [5.41, 5.74) is 5.01. The molecule has 1 amide bonds. The van der Waals surface area contributed by atoms with Crippen molar-refractivity contribution in [3.8, 4) is 5.75 Å². The van der Waals surface area contributed by atoms with E-state index in [0.29, 0.717) is 6.61 Å². The van der Waals surface area contributed by atoms with E-state index in [1.165, 1.54) is 5.56 Å². The van der Waals surface area contributed by atoms with Crippen LogP contribution in [0.25, 0.3) is 0 Å². The van der Waals surface area contributed by atoms with E-state index in [-0.39, 0.29) is 5.91 Å². The number of benzene rings is 2. The molecule has 26 heavy (non-hydrogen) atoms. The van der Waals surface area contributed by atoms with Gasteiger partial charge in [0.25, 0.3) is 0 Å². The molecule has 0 spiro atoms. The topological polar surface area (TPSA) is 38.3 Å². The molecule has 2 aromatic rings. The van der Waals surface area contributed by atoms with Crippen LogP contribution in [0.5, 0.6) is 5.75 Å². The van der Waals surface area contributed by atoms with E-state index >= 15 is 0 Å². The first-order valence-electron chi connectivity index (χ1n) is 9.28. The Morgan fingerprint density at radius 1 is 0.962 bits per heavy atom. The number of hydrogen-bond acceptors (Lipinski definition) is 2. The molecule has 2 rings (SSSR count). The summed E-state index contributed by atoms with van der Waals surface area (Å²) >= 11 is 0. The maximum atomic E-state index is 12.7. The van der Waals surface area contributed by atoms with Gasteiger partial charge in [-0.1, -0.05) is 38.1 Å². The molecular weight excluding hydrogens is 322 g/mol. The molecule has 0 atom stereocenters. The van der Waals surface area contributed by atoms with Gasteiger partial charge in [-0.3, -0.25) is 4.79 Å². The molecule has 3 heteroatoms. The number of aryl methyl sites for hydroxylation is 4. The molecule has 0 saturated heterocycles. The number of carbonyl (C=O) groups is 1. The highest BCUT2D eigenvalue weighted by atomic mass is 16.5. The van der Waals surface area contributed by atoms with Gasteiger partial charge in [-0.2, -0.15) is 0 Å². The highest BCUT2D eigenvalue weighted by Gasteiger charge is 2.27. The number of ether oxygens (including phenoxy) is 1. The fourth-order valence-electron chi connectivity index (χ4n) is 2.83. The van der Waals surface area contributed by atoms with Gasteiger partial charge >= 0.3 is 0 Å². The molecular formula is C23H31NO2. The van der Waals surface area contributed by atoms with Crippen LogP contribution in [0.2, 0.25) is 0 Å². The Hall–Kier alpha value is -2.29. The Balaban J connectivity index is 1.88. The van der Waals surface area contributed by atoms with Gasteiger partial charge in [0.15, 0.2) is 0 Å². The number of nitrogens with one attached hydrogen (secondary N) is 1. The third kappa shape index (κ3) is 5.35. The second-order valence-corrected chi connectivity index (χ2v) is 7.88. The lowest BCUT2D eigenvalue weighted by atomic mass is 9.86. The maximum Gasteiger partial charge on any atom is 0.230 e. The number of anilines is 1. The fourth-order valence-corrected chi connectivity index (χ4v) is 2.83. The largest absolute Gasteiger partial charge is 0.493 e. The minimum absolute atomic E-state index is 0.0536. The fraction of sp³-hybridized carbons (Fsp3) is 0.435. The molecule has 2 aromatic carbocycles. The van der Waals surface area contributed by atoms with Crippen LogP contribution in [0, 0.1) is 33.1 Å². The average molecular weight is 354 g/mol. The monoisotopic (exact) mass is 353 g/mol. The minimum atomic E-state index is -0.443. The van der Waals surface area contributed by atoms with Crippen LogP contribution in [-0.4, -0.2) is 12.5 Å². The first-order chi connectivity index (χ1) is 12.2. The zero-order chi connectivity index (χ0) is 19.3. The second kappa shape index (κ2) is 8.39. The van der Waals surface area contributed by atoms with Crippen molar-refractivity contribution in [2.24, 2.45) is 5.41 Å². The summed E-state index contributed by atoms with van der Waals surface area (Å²) in [6, 6.07) is 12.3. The van der Waals surface area contributed by atoms with Gasteiger partial charge in [0.2, 0.25) is 5.91 Å². The lowest BCUT2D eigenvalue weighted by Gasteiger charge is -2.24. The standard InChI is InChI=1S/C23H31NO2/c1-16-8-10-18(3)20(14-16)24-22(25)23(5,6)12-7-13-26-21-15-17(2)9-11-19(21)4/h8-11,14-15H,7,12-13H2,1-6H3,(H,24,25). The maximum absolute atomic E-state index is 12.7. The summed E-state index contributed by atoms with van der Waals surface area (Å²) in [5, 5.41) is 3.09. The van der Waals surface area contributed by atoms with Crippen molar-refractivity contribution in [1.82, 2.24) is 0 Å². The lowest BCUT2D eigenvalue weighted by molar-refractivity contribution is -0.124. The van der Waals surface area contributed by atoms with E-state index in [2.05, 4.69) is 43.4 Å². The third-order valence-electron chi connectivity index (χ3n) is 4.80. The van der Waals surface area contributed by atoms with Crippen molar-refractivity contribution in [3.05, 3.63) is 58.7 Å². The summed E-state index contributed by atoms with van der Waals surface area (Å²) in [6.07, 6.45) is 1.61. The second-order valence-electron chi connectivity index (χ2n) is 7.88. The SMILES string of the molecule is Cc1ccc(C)c(NC(=O)C(C)(C)CCCOc2cc(C)ccc2C)c1. The Morgan fingerprint density at radius 2 is 1.58 bits per heavy atom. The molecule has 0 unspecified atom stereocenters. The van der Waals surface area contributed by atoms with Crippen molar-refractivity contribution in [3.63, 3.8) is 0 Å². The van der Waals surface area contributed by atoms with Gasteiger partial charge < -0.3 is 10.1 Å². The first-order valence-corrected chi connectivity index (χ1v) is 9.28. The average Bonchev–Trinajstić information content (AvgIpc) is 2.58. The number of carbonyl (C=O) groups excluding carboxylic acids is 1. The Kier molecular flexibility index (Phi) is 6.47. The van der Waals surface area contributed by atoms with Crippen LogP contribution >= 0.6 is 0 Å². The van der Waals surface area contributed by atoms with Crippen LogP contribution in [0.4, 0.5) is 5.69 Å². The Morgan fingerprint density at radius 3 is 2.27 bits per heavy atom. The van der Waals surface area contributed by atoms with Crippen LogP contribution in [0.1, 0.15) is 48.9 Å². The zero-order valence-corrected chi connectivity index (χ0v) is 16.9. The Bertz CT molecular complexity index is 778. The third-order valence-corrected chi connectivity index (χ3v) is 4.80. The molecule has 0 aliphatic heterocycles. The molecule has 0 aliphatic rings. The molecule has 0 heterocycles. The highest BCUT2D eigenvalue weighted by Crippen LogP contribution is 2.27. The predicted octanol–water partition coefficient (Wildman–Crippen LogP) is 5.74. The number of amides is 1. The number of rotatable bonds is 7. The molecule has 0 aromatic heterocycles. The van der Waals surface area contributed by atoms with Gasteiger partial charge in [0, 0.05) is 11.1 Å². The minimum Gasteiger partial charge on any atom is -0.493 e. The van der Waals surface area contributed by atoms with E-state index in [9.17, 15) is 4.79 Å². The molecule has 1 N–H and O–H groups in total.